The predicted octanol–water partition coefficient (Wildman–Crippen LogP) is 2.62. The minimum absolute atomic E-state index is 0.145. The molecule has 1 aromatic rings. The number of fused-ring (bicyclic) bond motifs is 1. The standard InChI is InChI=1S/C15H19F3N2O/c1-10-14-7-19-6-12(14)9-20(10)8-11-3-2-4-13(5-11)21-15(16,17)18/h2-5,10,12,14,19H,6-9H2,1H3. The predicted molar refractivity (Wildman–Crippen MR) is 72.8 cm³/mol. The first-order valence-corrected chi connectivity index (χ1v) is 7.22. The number of likely N-dealkylation sites (tertiary alicyclic amines) is 1. The third-order valence-electron chi connectivity index (χ3n) is 4.57. The molecule has 1 aromatic carbocycles. The second-order valence-corrected chi connectivity index (χ2v) is 5.95. The molecule has 21 heavy (non-hydrogen) atoms. The van der Waals surface area contributed by atoms with Crippen molar-refractivity contribution < 1.29 is 17.9 Å². The van der Waals surface area contributed by atoms with Crippen molar-refractivity contribution in [2.24, 2.45) is 11.8 Å². The summed E-state index contributed by atoms with van der Waals surface area (Å²) < 4.78 is 40.7. The SMILES string of the molecule is CC1C2CNCC2CN1Cc1cccc(OC(F)(F)F)c1. The van der Waals surface area contributed by atoms with Gasteiger partial charge in [0.1, 0.15) is 5.75 Å². The Morgan fingerprint density at radius 2 is 2.14 bits per heavy atom. The van der Waals surface area contributed by atoms with Gasteiger partial charge < -0.3 is 10.1 Å². The molecule has 0 aromatic heterocycles. The smallest absolute Gasteiger partial charge is 0.406 e. The van der Waals surface area contributed by atoms with E-state index in [1.54, 1.807) is 6.07 Å². The summed E-state index contributed by atoms with van der Waals surface area (Å²) in [5.74, 6) is 1.17. The van der Waals surface area contributed by atoms with Gasteiger partial charge in [0, 0.05) is 19.1 Å². The maximum atomic E-state index is 12.3. The number of rotatable bonds is 3. The van der Waals surface area contributed by atoms with Crippen LogP contribution in [-0.4, -0.2) is 36.9 Å². The molecule has 2 aliphatic heterocycles. The molecular formula is C15H19F3N2O. The number of halogens is 3. The van der Waals surface area contributed by atoms with Crippen LogP contribution in [0.15, 0.2) is 24.3 Å². The van der Waals surface area contributed by atoms with Crippen LogP contribution in [0.4, 0.5) is 13.2 Å². The molecule has 2 saturated heterocycles. The van der Waals surface area contributed by atoms with Gasteiger partial charge in [0.2, 0.25) is 0 Å². The second-order valence-electron chi connectivity index (χ2n) is 5.95. The molecule has 3 atom stereocenters. The Hall–Kier alpha value is -1.27. The van der Waals surface area contributed by atoms with Crippen molar-refractivity contribution in [2.75, 3.05) is 19.6 Å². The quantitative estimate of drug-likeness (QED) is 0.929. The minimum Gasteiger partial charge on any atom is -0.406 e. The molecule has 2 heterocycles. The average Bonchev–Trinajstić information content (AvgIpc) is 2.93. The van der Waals surface area contributed by atoms with Gasteiger partial charge in [0.15, 0.2) is 0 Å². The van der Waals surface area contributed by atoms with E-state index >= 15 is 0 Å². The molecule has 116 valence electrons. The molecule has 3 nitrogen and oxygen atoms in total. The lowest BCUT2D eigenvalue weighted by molar-refractivity contribution is -0.274. The average molecular weight is 300 g/mol. The summed E-state index contributed by atoms with van der Waals surface area (Å²) in [6, 6.07) is 6.73. The molecule has 0 radical (unpaired) electrons. The molecular weight excluding hydrogens is 281 g/mol. The lowest BCUT2D eigenvalue weighted by Gasteiger charge is -2.24. The molecule has 3 rings (SSSR count). The Balaban J connectivity index is 1.67. The van der Waals surface area contributed by atoms with Gasteiger partial charge in [-0.15, -0.1) is 13.2 Å². The molecule has 2 aliphatic rings. The van der Waals surface area contributed by atoms with E-state index in [-0.39, 0.29) is 5.75 Å². The highest BCUT2D eigenvalue weighted by Gasteiger charge is 2.41. The Bertz CT molecular complexity index is 506. The normalized spacial score (nSPS) is 29.6. The lowest BCUT2D eigenvalue weighted by Crippen LogP contribution is -2.32. The van der Waals surface area contributed by atoms with Gasteiger partial charge in [-0.2, -0.15) is 0 Å². The van der Waals surface area contributed by atoms with E-state index in [0.29, 0.717) is 24.4 Å². The van der Waals surface area contributed by atoms with Crippen molar-refractivity contribution in [1.29, 1.82) is 0 Å². The van der Waals surface area contributed by atoms with Crippen molar-refractivity contribution in [3.05, 3.63) is 29.8 Å². The van der Waals surface area contributed by atoms with Gasteiger partial charge in [0.05, 0.1) is 0 Å². The summed E-state index contributed by atoms with van der Waals surface area (Å²) in [5, 5.41) is 3.40. The number of hydrogen-bond donors (Lipinski definition) is 1. The van der Waals surface area contributed by atoms with Crippen LogP contribution in [0, 0.1) is 11.8 Å². The fourth-order valence-corrected chi connectivity index (χ4v) is 3.54. The van der Waals surface area contributed by atoms with E-state index in [4.69, 9.17) is 0 Å². The van der Waals surface area contributed by atoms with Crippen LogP contribution in [0.1, 0.15) is 12.5 Å². The molecule has 6 heteroatoms. The Kier molecular flexibility index (Phi) is 3.84. The minimum atomic E-state index is -4.64. The van der Waals surface area contributed by atoms with Crippen molar-refractivity contribution >= 4 is 0 Å². The largest absolute Gasteiger partial charge is 0.573 e. The van der Waals surface area contributed by atoms with Crippen LogP contribution in [0.2, 0.25) is 0 Å². The zero-order valence-corrected chi connectivity index (χ0v) is 11.9. The van der Waals surface area contributed by atoms with Crippen molar-refractivity contribution in [3.63, 3.8) is 0 Å². The van der Waals surface area contributed by atoms with Gasteiger partial charge in [-0.1, -0.05) is 12.1 Å². The number of nitrogens with zero attached hydrogens (tertiary/aromatic N) is 1. The summed E-state index contributed by atoms with van der Waals surface area (Å²) >= 11 is 0. The maximum absolute atomic E-state index is 12.3. The first-order chi connectivity index (χ1) is 9.92. The third kappa shape index (κ3) is 3.32. The van der Waals surface area contributed by atoms with Crippen LogP contribution in [0.3, 0.4) is 0 Å². The fourth-order valence-electron chi connectivity index (χ4n) is 3.54. The van der Waals surface area contributed by atoms with Crippen molar-refractivity contribution in [3.8, 4) is 5.75 Å². The Labute approximate surface area is 122 Å². The van der Waals surface area contributed by atoms with Crippen LogP contribution in [-0.2, 0) is 6.54 Å². The second kappa shape index (κ2) is 5.50. The van der Waals surface area contributed by atoms with E-state index in [2.05, 4.69) is 21.9 Å². The van der Waals surface area contributed by atoms with Gasteiger partial charge in [-0.25, -0.2) is 0 Å². The van der Waals surface area contributed by atoms with Gasteiger partial charge in [-0.3, -0.25) is 4.90 Å². The van der Waals surface area contributed by atoms with Crippen LogP contribution < -0.4 is 10.1 Å². The van der Waals surface area contributed by atoms with Crippen LogP contribution >= 0.6 is 0 Å². The van der Waals surface area contributed by atoms with Crippen LogP contribution in [0.5, 0.6) is 5.75 Å². The van der Waals surface area contributed by atoms with Crippen molar-refractivity contribution in [2.45, 2.75) is 25.9 Å². The molecule has 0 bridgehead atoms. The fraction of sp³-hybridized carbons (Fsp3) is 0.600. The highest BCUT2D eigenvalue weighted by atomic mass is 19.4. The molecule has 0 saturated carbocycles. The molecule has 1 N–H and O–H groups in total. The Morgan fingerprint density at radius 3 is 2.86 bits per heavy atom. The topological polar surface area (TPSA) is 24.5 Å². The van der Waals surface area contributed by atoms with E-state index in [9.17, 15) is 13.2 Å². The van der Waals surface area contributed by atoms with Gasteiger partial charge >= 0.3 is 6.36 Å². The van der Waals surface area contributed by atoms with Crippen molar-refractivity contribution in [1.82, 2.24) is 10.2 Å². The van der Waals surface area contributed by atoms with E-state index in [1.807, 2.05) is 6.07 Å². The molecule has 0 amide bonds. The van der Waals surface area contributed by atoms with Gasteiger partial charge in [-0.05, 0) is 49.5 Å². The summed E-state index contributed by atoms with van der Waals surface area (Å²) in [4.78, 5) is 2.35. The number of benzene rings is 1. The van der Waals surface area contributed by atoms with Crippen LogP contribution in [0.25, 0.3) is 0 Å². The molecule has 0 spiro atoms. The number of nitrogens with one attached hydrogen (secondary N) is 1. The summed E-state index contributed by atoms with van der Waals surface area (Å²) in [5.41, 5.74) is 0.858. The Morgan fingerprint density at radius 1 is 1.33 bits per heavy atom. The summed E-state index contributed by atoms with van der Waals surface area (Å²) in [7, 11) is 0. The molecule has 3 unspecified atom stereocenters. The number of hydrogen-bond acceptors (Lipinski definition) is 3. The third-order valence-corrected chi connectivity index (χ3v) is 4.57. The zero-order chi connectivity index (χ0) is 15.0. The zero-order valence-electron chi connectivity index (χ0n) is 11.9. The highest BCUT2D eigenvalue weighted by Crippen LogP contribution is 2.33. The monoisotopic (exact) mass is 300 g/mol. The molecule has 2 fully saturated rings. The van der Waals surface area contributed by atoms with E-state index < -0.39 is 6.36 Å². The highest BCUT2D eigenvalue weighted by molar-refractivity contribution is 5.28. The number of ether oxygens (including phenoxy) is 1. The lowest BCUT2D eigenvalue weighted by atomic mass is 9.95. The summed E-state index contributed by atoms with van der Waals surface area (Å²) in [6.45, 7) is 5.96. The maximum Gasteiger partial charge on any atom is 0.573 e. The summed E-state index contributed by atoms with van der Waals surface area (Å²) in [6.07, 6.45) is -4.64. The van der Waals surface area contributed by atoms with E-state index in [0.717, 1.165) is 25.2 Å². The number of alkyl halides is 3. The van der Waals surface area contributed by atoms with Gasteiger partial charge in [0.25, 0.3) is 0 Å². The molecule has 0 aliphatic carbocycles. The first kappa shape index (κ1) is 14.7. The van der Waals surface area contributed by atoms with E-state index in [1.165, 1.54) is 12.1 Å². The first-order valence-electron chi connectivity index (χ1n) is 7.22.